The summed E-state index contributed by atoms with van der Waals surface area (Å²) in [7, 11) is -3.98. The summed E-state index contributed by atoms with van der Waals surface area (Å²) in [6.07, 6.45) is 0. The van der Waals surface area contributed by atoms with Gasteiger partial charge >= 0.3 is 5.63 Å². The van der Waals surface area contributed by atoms with Crippen LogP contribution in [0.25, 0.3) is 11.0 Å². The second-order valence-corrected chi connectivity index (χ2v) is 7.28. The molecule has 2 aromatic carbocycles. The molecule has 0 saturated heterocycles. The van der Waals surface area contributed by atoms with E-state index >= 15 is 0 Å². The van der Waals surface area contributed by atoms with E-state index in [1.165, 1.54) is 30.3 Å². The van der Waals surface area contributed by atoms with Crippen molar-refractivity contribution in [2.24, 2.45) is 0 Å². The van der Waals surface area contributed by atoms with Crippen molar-refractivity contribution in [3.63, 3.8) is 0 Å². The maximum absolute atomic E-state index is 12.5. The van der Waals surface area contributed by atoms with E-state index < -0.39 is 20.4 Å². The lowest BCUT2D eigenvalue weighted by molar-refractivity contribution is 0.532. The van der Waals surface area contributed by atoms with Crippen LogP contribution in [-0.4, -0.2) is 8.42 Å². The molecule has 0 aliphatic heterocycles. The quantitative estimate of drug-likeness (QED) is 0.654. The molecule has 0 fully saturated rings. The highest BCUT2D eigenvalue weighted by Gasteiger charge is 2.23. The lowest BCUT2D eigenvalue weighted by Crippen LogP contribution is -2.14. The first-order valence-electron chi connectivity index (χ1n) is 6.12. The minimum absolute atomic E-state index is 0.00905. The Morgan fingerprint density at radius 2 is 1.64 bits per heavy atom. The second kappa shape index (κ2) is 5.43. The van der Waals surface area contributed by atoms with Crippen molar-refractivity contribution in [1.82, 2.24) is 0 Å². The molecule has 1 aromatic heterocycles. The second-order valence-electron chi connectivity index (χ2n) is 4.52. The zero-order chi connectivity index (χ0) is 15.9. The van der Waals surface area contributed by atoms with Crippen LogP contribution in [0.3, 0.4) is 0 Å². The largest absolute Gasteiger partial charge is 0.420 e. The van der Waals surface area contributed by atoms with Gasteiger partial charge in [-0.15, -0.1) is 0 Å². The monoisotopic (exact) mass is 354 g/mol. The third-order valence-corrected chi connectivity index (χ3v) is 5.32. The number of halogens is 2. The highest BCUT2D eigenvalue weighted by Crippen LogP contribution is 2.29. The van der Waals surface area contributed by atoms with Gasteiger partial charge in [0.25, 0.3) is 0 Å². The Kier molecular flexibility index (Phi) is 3.72. The third-order valence-electron chi connectivity index (χ3n) is 3.06. The van der Waals surface area contributed by atoms with Crippen LogP contribution >= 0.6 is 23.2 Å². The molecule has 0 atom stereocenters. The zero-order valence-electron chi connectivity index (χ0n) is 10.9. The van der Waals surface area contributed by atoms with Crippen LogP contribution in [0, 0.1) is 0 Å². The fraction of sp³-hybridized carbons (Fsp3) is 0. The zero-order valence-corrected chi connectivity index (χ0v) is 13.2. The normalized spacial score (nSPS) is 11.7. The molecule has 1 heterocycles. The van der Waals surface area contributed by atoms with Gasteiger partial charge in [0.1, 0.15) is 0 Å². The number of hydrogen-bond donors (Lipinski definition) is 0. The maximum atomic E-state index is 12.5. The average molecular weight is 355 g/mol. The fourth-order valence-corrected chi connectivity index (χ4v) is 3.91. The molecule has 0 bridgehead atoms. The molecule has 0 unspecified atom stereocenters. The number of sulfone groups is 1. The molecule has 22 heavy (non-hydrogen) atoms. The van der Waals surface area contributed by atoms with E-state index in [4.69, 9.17) is 27.6 Å². The molecule has 0 amide bonds. The molecule has 0 aliphatic rings. The van der Waals surface area contributed by atoms with Gasteiger partial charge in [-0.1, -0.05) is 41.4 Å². The van der Waals surface area contributed by atoms with Crippen molar-refractivity contribution in [3.05, 3.63) is 69.0 Å². The van der Waals surface area contributed by atoms with Crippen molar-refractivity contribution >= 4 is 44.0 Å². The predicted octanol–water partition coefficient (Wildman–Crippen LogP) is 3.93. The molecule has 0 spiro atoms. The summed E-state index contributed by atoms with van der Waals surface area (Å²) >= 11 is 11.8. The fourth-order valence-electron chi connectivity index (χ4n) is 2.05. The van der Waals surface area contributed by atoms with Gasteiger partial charge in [0, 0.05) is 10.4 Å². The summed E-state index contributed by atoms with van der Waals surface area (Å²) in [5.41, 5.74) is -0.872. The molecule has 0 saturated carbocycles. The molecule has 0 radical (unpaired) electrons. The predicted molar refractivity (Wildman–Crippen MR) is 84.4 cm³/mol. The average Bonchev–Trinajstić information content (AvgIpc) is 2.48. The van der Waals surface area contributed by atoms with Crippen LogP contribution in [0.1, 0.15) is 0 Å². The van der Waals surface area contributed by atoms with E-state index in [1.807, 2.05) is 0 Å². The van der Waals surface area contributed by atoms with Crippen LogP contribution in [-0.2, 0) is 9.84 Å². The van der Waals surface area contributed by atoms with Crippen LogP contribution in [0.5, 0.6) is 0 Å². The van der Waals surface area contributed by atoms with E-state index in [2.05, 4.69) is 0 Å². The van der Waals surface area contributed by atoms with Crippen LogP contribution < -0.4 is 5.63 Å². The van der Waals surface area contributed by atoms with Gasteiger partial charge in [-0.3, -0.25) is 0 Å². The van der Waals surface area contributed by atoms with Gasteiger partial charge in [-0.05, 0) is 30.3 Å². The first-order valence-corrected chi connectivity index (χ1v) is 8.36. The van der Waals surface area contributed by atoms with E-state index in [0.717, 1.165) is 0 Å². The lowest BCUT2D eigenvalue weighted by atomic mass is 10.2. The van der Waals surface area contributed by atoms with E-state index in [-0.39, 0.29) is 15.5 Å². The topological polar surface area (TPSA) is 64.3 Å². The molecule has 0 N–H and O–H groups in total. The van der Waals surface area contributed by atoms with Crippen LogP contribution in [0.2, 0.25) is 10.0 Å². The van der Waals surface area contributed by atoms with Gasteiger partial charge < -0.3 is 4.42 Å². The molecule has 112 valence electrons. The van der Waals surface area contributed by atoms with Gasteiger partial charge in [0.15, 0.2) is 10.5 Å². The van der Waals surface area contributed by atoms with Crippen molar-refractivity contribution in [2.45, 2.75) is 9.79 Å². The Morgan fingerprint density at radius 3 is 2.32 bits per heavy atom. The van der Waals surface area contributed by atoms with Crippen LogP contribution in [0.4, 0.5) is 0 Å². The Balaban J connectivity index is 2.33. The van der Waals surface area contributed by atoms with Gasteiger partial charge in [0.05, 0.1) is 9.92 Å². The van der Waals surface area contributed by atoms with Gasteiger partial charge in [-0.25, -0.2) is 13.2 Å². The molecule has 7 heteroatoms. The Hall–Kier alpha value is -1.82. The van der Waals surface area contributed by atoms with Gasteiger partial charge in [-0.2, -0.15) is 0 Å². The SMILES string of the molecule is O=c1oc2c(Cl)cc(Cl)cc2cc1S(=O)(=O)c1ccccc1. The number of benzene rings is 2. The summed E-state index contributed by atoms with van der Waals surface area (Å²) in [6.45, 7) is 0. The smallest absolute Gasteiger partial charge is 0.355 e. The molecular weight excluding hydrogens is 347 g/mol. The number of hydrogen-bond acceptors (Lipinski definition) is 4. The minimum atomic E-state index is -3.98. The third kappa shape index (κ3) is 2.52. The summed E-state index contributed by atoms with van der Waals surface area (Å²) in [5.74, 6) is 0. The molecular formula is C15H8Cl2O4S. The molecule has 3 aromatic rings. The first-order chi connectivity index (χ1) is 10.4. The van der Waals surface area contributed by atoms with Crippen LogP contribution in [0.15, 0.2) is 67.5 Å². The maximum Gasteiger partial charge on any atom is 0.355 e. The number of fused-ring (bicyclic) bond motifs is 1. The Bertz CT molecular complexity index is 1020. The number of rotatable bonds is 2. The van der Waals surface area contributed by atoms with Crippen molar-refractivity contribution in [3.8, 4) is 0 Å². The lowest BCUT2D eigenvalue weighted by Gasteiger charge is -2.05. The standard InChI is InChI=1S/C15H8Cl2O4S/c16-10-6-9-7-13(15(18)21-14(9)12(17)8-10)22(19,20)11-4-2-1-3-5-11/h1-8H. The van der Waals surface area contributed by atoms with Crippen molar-refractivity contribution in [1.29, 1.82) is 0 Å². The summed E-state index contributed by atoms with van der Waals surface area (Å²) in [4.78, 5) is 11.6. The molecule has 0 aliphatic carbocycles. The van der Waals surface area contributed by atoms with E-state index in [9.17, 15) is 13.2 Å². The summed E-state index contributed by atoms with van der Waals surface area (Å²) in [6, 6.07) is 11.8. The van der Waals surface area contributed by atoms with Gasteiger partial charge in [0.2, 0.25) is 9.84 Å². The van der Waals surface area contributed by atoms with Crippen molar-refractivity contribution < 1.29 is 12.8 Å². The highest BCUT2D eigenvalue weighted by atomic mass is 35.5. The highest BCUT2D eigenvalue weighted by molar-refractivity contribution is 7.91. The molecule has 4 nitrogen and oxygen atoms in total. The minimum Gasteiger partial charge on any atom is -0.420 e. The van der Waals surface area contributed by atoms with E-state index in [1.54, 1.807) is 18.2 Å². The van der Waals surface area contributed by atoms with E-state index in [0.29, 0.717) is 10.4 Å². The van der Waals surface area contributed by atoms with Crippen molar-refractivity contribution in [2.75, 3.05) is 0 Å². The Morgan fingerprint density at radius 1 is 0.955 bits per heavy atom. The summed E-state index contributed by atoms with van der Waals surface area (Å²) < 4.78 is 30.1. The summed E-state index contributed by atoms with van der Waals surface area (Å²) in [5, 5.41) is 0.796. The first kappa shape index (κ1) is 15.1. The molecule has 3 rings (SSSR count). The Labute approximate surface area is 135 Å².